The molecule has 240 valence electrons. The molecule has 2 heterocycles. The van der Waals surface area contributed by atoms with Crippen molar-refractivity contribution in [2.75, 3.05) is 0 Å². The molecular formula is C47H32N4. The quantitative estimate of drug-likeness (QED) is 0.179. The van der Waals surface area contributed by atoms with Gasteiger partial charge in [-0.25, -0.2) is 15.0 Å². The van der Waals surface area contributed by atoms with Crippen molar-refractivity contribution >= 4 is 21.5 Å². The third-order valence-electron chi connectivity index (χ3n) is 9.57. The third kappa shape index (κ3) is 5.63. The van der Waals surface area contributed by atoms with Crippen molar-refractivity contribution in [3.63, 3.8) is 0 Å². The minimum absolute atomic E-state index is 0.617. The fraction of sp³-hybridized carbons (Fsp3) is 0.0213. The summed E-state index contributed by atoms with van der Waals surface area (Å²) in [5, 5.41) is 4.48. The number of hydrogen-bond acceptors (Lipinski definition) is 4. The number of rotatable bonds is 6. The van der Waals surface area contributed by atoms with Crippen molar-refractivity contribution in [2.45, 2.75) is 6.92 Å². The van der Waals surface area contributed by atoms with E-state index in [-0.39, 0.29) is 0 Å². The zero-order chi connectivity index (χ0) is 34.1. The van der Waals surface area contributed by atoms with Crippen LogP contribution in [0.3, 0.4) is 0 Å². The van der Waals surface area contributed by atoms with Crippen molar-refractivity contribution in [3.8, 4) is 67.5 Å². The summed E-state index contributed by atoms with van der Waals surface area (Å²) in [5.41, 5.74) is 10.6. The molecule has 0 atom stereocenters. The fourth-order valence-corrected chi connectivity index (χ4v) is 7.09. The Morgan fingerprint density at radius 2 is 0.745 bits per heavy atom. The molecule has 2 aromatic heterocycles. The number of aromatic nitrogens is 4. The molecule has 0 saturated carbocycles. The Labute approximate surface area is 296 Å². The first-order chi connectivity index (χ1) is 25.2. The Hall–Kier alpha value is -6.78. The first-order valence-corrected chi connectivity index (χ1v) is 17.1. The molecule has 7 aromatic carbocycles. The third-order valence-corrected chi connectivity index (χ3v) is 9.57. The highest BCUT2D eigenvalue weighted by atomic mass is 15.0. The van der Waals surface area contributed by atoms with Gasteiger partial charge in [-0.2, -0.15) is 0 Å². The Kier molecular flexibility index (Phi) is 7.67. The largest absolute Gasteiger partial charge is 0.261 e. The van der Waals surface area contributed by atoms with Gasteiger partial charge in [0.05, 0.1) is 0 Å². The van der Waals surface area contributed by atoms with E-state index in [0.717, 1.165) is 55.1 Å². The van der Waals surface area contributed by atoms with E-state index in [9.17, 15) is 0 Å². The van der Waals surface area contributed by atoms with E-state index < -0.39 is 0 Å². The van der Waals surface area contributed by atoms with Crippen molar-refractivity contribution in [3.05, 3.63) is 182 Å². The molecule has 51 heavy (non-hydrogen) atoms. The van der Waals surface area contributed by atoms with Crippen LogP contribution in [-0.2, 0) is 0 Å². The zero-order valence-corrected chi connectivity index (χ0v) is 28.0. The summed E-state index contributed by atoms with van der Waals surface area (Å²) in [4.78, 5) is 20.2. The summed E-state index contributed by atoms with van der Waals surface area (Å²) in [6, 6.07) is 59.2. The van der Waals surface area contributed by atoms with E-state index in [4.69, 9.17) is 15.0 Å². The summed E-state index contributed by atoms with van der Waals surface area (Å²) in [5.74, 6) is 1.88. The van der Waals surface area contributed by atoms with Crippen LogP contribution in [0.1, 0.15) is 5.69 Å². The van der Waals surface area contributed by atoms with Gasteiger partial charge < -0.3 is 0 Å². The molecule has 0 N–H and O–H groups in total. The maximum absolute atomic E-state index is 5.27. The van der Waals surface area contributed by atoms with Crippen LogP contribution in [0.25, 0.3) is 89.1 Å². The molecule has 0 unspecified atom stereocenters. The van der Waals surface area contributed by atoms with Crippen LogP contribution in [0.4, 0.5) is 0 Å². The molecule has 0 amide bonds. The smallest absolute Gasteiger partial charge is 0.164 e. The van der Waals surface area contributed by atoms with Gasteiger partial charge in [0.25, 0.3) is 0 Å². The van der Waals surface area contributed by atoms with E-state index in [1.807, 2.05) is 19.2 Å². The van der Waals surface area contributed by atoms with Gasteiger partial charge in [0.1, 0.15) is 0 Å². The molecule has 0 aliphatic rings. The molecule has 0 aliphatic heterocycles. The van der Waals surface area contributed by atoms with Crippen LogP contribution >= 0.6 is 0 Å². The number of benzene rings is 7. The second kappa shape index (κ2) is 12.9. The summed E-state index contributed by atoms with van der Waals surface area (Å²) in [6.07, 6.45) is 1.83. The van der Waals surface area contributed by atoms with Crippen molar-refractivity contribution in [2.24, 2.45) is 0 Å². The first kappa shape index (κ1) is 30.3. The highest BCUT2D eigenvalue weighted by molar-refractivity contribution is 6.06. The summed E-state index contributed by atoms with van der Waals surface area (Å²) in [7, 11) is 0. The molecule has 4 heteroatoms. The molecule has 0 fully saturated rings. The van der Waals surface area contributed by atoms with Gasteiger partial charge in [-0.05, 0) is 80.6 Å². The standard InChI is InChI=1S/C47H32N4/c1-31-36(24-13-29-48-31)34-18-12-19-35(30-34)45-49-46(43-27-25-37(32-14-4-2-5-15-32)39-20-8-10-22-41(39)43)51-47(50-45)44-28-26-38(33-16-6-3-7-17-33)40-21-9-11-23-42(40)44/h2-30H,1H3. The molecular weight excluding hydrogens is 621 g/mol. The maximum atomic E-state index is 5.27. The molecule has 0 spiro atoms. The molecule has 0 aliphatic carbocycles. The van der Waals surface area contributed by atoms with Gasteiger partial charge in [0, 0.05) is 34.1 Å². The van der Waals surface area contributed by atoms with Gasteiger partial charge in [0.15, 0.2) is 17.5 Å². The van der Waals surface area contributed by atoms with Gasteiger partial charge in [-0.1, -0.05) is 146 Å². The van der Waals surface area contributed by atoms with E-state index in [0.29, 0.717) is 17.5 Å². The second-order valence-corrected chi connectivity index (χ2v) is 12.7. The Morgan fingerprint density at radius 3 is 1.27 bits per heavy atom. The van der Waals surface area contributed by atoms with Gasteiger partial charge in [-0.3, -0.25) is 4.98 Å². The van der Waals surface area contributed by atoms with Crippen molar-refractivity contribution < 1.29 is 0 Å². The zero-order valence-electron chi connectivity index (χ0n) is 28.0. The van der Waals surface area contributed by atoms with E-state index in [1.165, 1.54) is 22.3 Å². The van der Waals surface area contributed by atoms with Crippen LogP contribution in [0.15, 0.2) is 176 Å². The summed E-state index contributed by atoms with van der Waals surface area (Å²) in [6.45, 7) is 2.04. The van der Waals surface area contributed by atoms with Gasteiger partial charge >= 0.3 is 0 Å². The Bertz CT molecular complexity index is 2560. The lowest BCUT2D eigenvalue weighted by Crippen LogP contribution is -2.01. The summed E-state index contributed by atoms with van der Waals surface area (Å²) >= 11 is 0. The van der Waals surface area contributed by atoms with E-state index in [1.54, 1.807) is 0 Å². The lowest BCUT2D eigenvalue weighted by Gasteiger charge is -2.15. The number of fused-ring (bicyclic) bond motifs is 2. The van der Waals surface area contributed by atoms with Crippen molar-refractivity contribution in [1.82, 2.24) is 19.9 Å². The van der Waals surface area contributed by atoms with Crippen LogP contribution in [0.5, 0.6) is 0 Å². The average Bonchev–Trinajstić information content (AvgIpc) is 3.20. The topological polar surface area (TPSA) is 51.6 Å². The first-order valence-electron chi connectivity index (χ1n) is 17.1. The molecule has 0 saturated heterocycles. The molecule has 4 nitrogen and oxygen atoms in total. The predicted molar refractivity (Wildman–Crippen MR) is 210 cm³/mol. The van der Waals surface area contributed by atoms with Crippen LogP contribution in [0, 0.1) is 6.92 Å². The molecule has 9 rings (SSSR count). The normalized spacial score (nSPS) is 11.2. The molecule has 9 aromatic rings. The Morgan fingerprint density at radius 1 is 0.314 bits per heavy atom. The Balaban J connectivity index is 1.28. The van der Waals surface area contributed by atoms with E-state index >= 15 is 0 Å². The SMILES string of the molecule is Cc1ncccc1-c1cccc(-c2nc(-c3ccc(-c4ccccc4)c4ccccc34)nc(-c3ccc(-c4ccccc4)c4ccccc34)n2)c1. The highest BCUT2D eigenvalue weighted by Crippen LogP contribution is 2.38. The lowest BCUT2D eigenvalue weighted by atomic mass is 9.94. The predicted octanol–water partition coefficient (Wildman–Crippen LogP) is 11.9. The van der Waals surface area contributed by atoms with Crippen LogP contribution < -0.4 is 0 Å². The van der Waals surface area contributed by atoms with Crippen molar-refractivity contribution in [1.29, 1.82) is 0 Å². The minimum atomic E-state index is 0.617. The second-order valence-electron chi connectivity index (χ2n) is 12.7. The minimum Gasteiger partial charge on any atom is -0.261 e. The fourth-order valence-electron chi connectivity index (χ4n) is 7.09. The monoisotopic (exact) mass is 652 g/mol. The average molecular weight is 653 g/mol. The van der Waals surface area contributed by atoms with Gasteiger partial charge in [-0.15, -0.1) is 0 Å². The lowest BCUT2D eigenvalue weighted by molar-refractivity contribution is 1.08. The maximum Gasteiger partial charge on any atom is 0.164 e. The van der Waals surface area contributed by atoms with Crippen LogP contribution in [-0.4, -0.2) is 19.9 Å². The number of aryl methyl sites for hydroxylation is 1. The van der Waals surface area contributed by atoms with Crippen LogP contribution in [0.2, 0.25) is 0 Å². The van der Waals surface area contributed by atoms with E-state index in [2.05, 4.69) is 169 Å². The highest BCUT2D eigenvalue weighted by Gasteiger charge is 2.18. The summed E-state index contributed by atoms with van der Waals surface area (Å²) < 4.78 is 0. The number of hydrogen-bond donors (Lipinski definition) is 0. The number of pyridine rings is 1. The van der Waals surface area contributed by atoms with Gasteiger partial charge in [0.2, 0.25) is 0 Å². The number of nitrogens with zero attached hydrogens (tertiary/aromatic N) is 4. The molecule has 0 radical (unpaired) electrons. The molecule has 0 bridgehead atoms.